The van der Waals surface area contributed by atoms with E-state index < -0.39 is 0 Å². The minimum absolute atomic E-state index is 0.249. The quantitative estimate of drug-likeness (QED) is 0.703. The summed E-state index contributed by atoms with van der Waals surface area (Å²) in [6, 6.07) is 9.77. The van der Waals surface area contributed by atoms with Crippen LogP contribution < -0.4 is 0 Å². The van der Waals surface area contributed by atoms with E-state index in [4.69, 9.17) is 16.7 Å². The second-order valence-corrected chi connectivity index (χ2v) is 6.68. The van der Waals surface area contributed by atoms with Gasteiger partial charge in [0.05, 0.1) is 11.7 Å². The topological polar surface area (TPSA) is 60.7 Å². The van der Waals surface area contributed by atoms with E-state index >= 15 is 0 Å². The van der Waals surface area contributed by atoms with Gasteiger partial charge >= 0.3 is 0 Å². The van der Waals surface area contributed by atoms with Crippen molar-refractivity contribution < 1.29 is 4.79 Å². The average molecular weight is 353 g/mol. The minimum Gasteiger partial charge on any atom is -0.300 e. The zero-order chi connectivity index (χ0) is 17.2. The standard InChI is InChI=1S/C19H17ClN4O/c20-14-3-1-13(2-4-14)19-17(18-9-10-21-12-22-18)11-24(23-19)15-5-7-16(25)8-6-15/h1-4,9-12,15H,5-8H2. The van der Waals surface area contributed by atoms with Crippen molar-refractivity contribution in [3.05, 3.63) is 54.1 Å². The summed E-state index contributed by atoms with van der Waals surface area (Å²) in [6.07, 6.45) is 8.23. The number of hydrogen-bond donors (Lipinski definition) is 0. The maximum Gasteiger partial charge on any atom is 0.133 e. The molecule has 0 saturated heterocycles. The van der Waals surface area contributed by atoms with Crippen molar-refractivity contribution in [2.75, 3.05) is 0 Å². The number of halogens is 1. The molecule has 126 valence electrons. The van der Waals surface area contributed by atoms with Gasteiger partial charge in [-0.2, -0.15) is 5.10 Å². The summed E-state index contributed by atoms with van der Waals surface area (Å²) >= 11 is 6.02. The van der Waals surface area contributed by atoms with Gasteiger partial charge in [0.2, 0.25) is 0 Å². The zero-order valence-corrected chi connectivity index (χ0v) is 14.4. The second-order valence-electron chi connectivity index (χ2n) is 6.24. The highest BCUT2D eigenvalue weighted by Crippen LogP contribution is 2.34. The molecule has 4 rings (SSSR count). The van der Waals surface area contributed by atoms with E-state index in [0.29, 0.717) is 23.6 Å². The van der Waals surface area contributed by atoms with Crippen LogP contribution in [0.15, 0.2) is 49.1 Å². The van der Waals surface area contributed by atoms with Gasteiger partial charge in [-0.3, -0.25) is 9.48 Å². The van der Waals surface area contributed by atoms with Crippen LogP contribution in [0.25, 0.3) is 22.5 Å². The van der Waals surface area contributed by atoms with E-state index in [0.717, 1.165) is 35.4 Å². The number of hydrogen-bond acceptors (Lipinski definition) is 4. The fourth-order valence-electron chi connectivity index (χ4n) is 3.23. The summed E-state index contributed by atoms with van der Waals surface area (Å²) in [6.45, 7) is 0. The first-order valence-corrected chi connectivity index (χ1v) is 8.71. The normalized spacial score (nSPS) is 15.5. The molecule has 0 radical (unpaired) electrons. The SMILES string of the molecule is O=C1CCC(n2cc(-c3ccncn3)c(-c3ccc(Cl)cc3)n2)CC1. The van der Waals surface area contributed by atoms with Crippen LogP contribution >= 0.6 is 11.6 Å². The van der Waals surface area contributed by atoms with Crippen LogP contribution in [0.1, 0.15) is 31.7 Å². The number of nitrogens with zero attached hydrogens (tertiary/aromatic N) is 4. The van der Waals surface area contributed by atoms with Crippen molar-refractivity contribution in [2.24, 2.45) is 0 Å². The molecule has 1 aromatic carbocycles. The minimum atomic E-state index is 0.249. The van der Waals surface area contributed by atoms with Gasteiger partial charge in [0.25, 0.3) is 0 Å². The second kappa shape index (κ2) is 6.76. The van der Waals surface area contributed by atoms with Crippen molar-refractivity contribution in [3.63, 3.8) is 0 Å². The molecule has 2 aromatic heterocycles. The van der Waals surface area contributed by atoms with Crippen molar-refractivity contribution in [3.8, 4) is 22.5 Å². The van der Waals surface area contributed by atoms with E-state index in [-0.39, 0.29) is 6.04 Å². The van der Waals surface area contributed by atoms with Crippen molar-refractivity contribution in [1.29, 1.82) is 0 Å². The van der Waals surface area contributed by atoms with Crippen molar-refractivity contribution >= 4 is 17.4 Å². The Hall–Kier alpha value is -2.53. The van der Waals surface area contributed by atoms with E-state index in [1.165, 1.54) is 6.33 Å². The number of carbonyl (C=O) groups is 1. The fraction of sp³-hybridized carbons (Fsp3) is 0.263. The zero-order valence-electron chi connectivity index (χ0n) is 13.6. The summed E-state index contributed by atoms with van der Waals surface area (Å²) < 4.78 is 1.99. The van der Waals surface area contributed by atoms with Crippen LogP contribution in [0.2, 0.25) is 5.02 Å². The molecule has 1 saturated carbocycles. The molecule has 0 unspecified atom stereocenters. The molecule has 0 amide bonds. The first kappa shape index (κ1) is 16.0. The molecule has 0 spiro atoms. The van der Waals surface area contributed by atoms with Crippen LogP contribution in [0, 0.1) is 0 Å². The van der Waals surface area contributed by atoms with Gasteiger partial charge < -0.3 is 0 Å². The fourth-order valence-corrected chi connectivity index (χ4v) is 3.35. The molecule has 1 fully saturated rings. The summed E-state index contributed by atoms with van der Waals surface area (Å²) in [7, 11) is 0. The Kier molecular flexibility index (Phi) is 4.32. The summed E-state index contributed by atoms with van der Waals surface area (Å²) in [5, 5.41) is 5.53. The Morgan fingerprint density at radius 1 is 1.08 bits per heavy atom. The molecule has 0 atom stereocenters. The number of benzene rings is 1. The van der Waals surface area contributed by atoms with Crippen LogP contribution in [0.3, 0.4) is 0 Å². The van der Waals surface area contributed by atoms with E-state index in [9.17, 15) is 4.79 Å². The number of carbonyl (C=O) groups excluding carboxylic acids is 1. The molecule has 1 aliphatic rings. The van der Waals surface area contributed by atoms with Gasteiger partial charge in [-0.15, -0.1) is 0 Å². The monoisotopic (exact) mass is 352 g/mol. The Balaban J connectivity index is 1.78. The van der Waals surface area contributed by atoms with Gasteiger partial charge in [0.15, 0.2) is 0 Å². The predicted molar refractivity (Wildman–Crippen MR) is 96.2 cm³/mol. The lowest BCUT2D eigenvalue weighted by Gasteiger charge is -2.21. The average Bonchev–Trinajstić information content (AvgIpc) is 3.09. The molecular formula is C19H17ClN4O. The van der Waals surface area contributed by atoms with E-state index in [2.05, 4.69) is 9.97 Å². The maximum atomic E-state index is 11.5. The molecular weight excluding hydrogens is 336 g/mol. The first-order valence-electron chi connectivity index (χ1n) is 8.34. The Morgan fingerprint density at radius 2 is 1.84 bits per heavy atom. The Labute approximate surface area is 150 Å². The van der Waals surface area contributed by atoms with E-state index in [1.54, 1.807) is 6.20 Å². The molecule has 0 bridgehead atoms. The third-order valence-corrected chi connectivity index (χ3v) is 4.85. The lowest BCUT2D eigenvalue weighted by atomic mass is 9.94. The molecule has 6 heteroatoms. The number of Topliss-reactive ketones (excluding diaryl/α,β-unsaturated/α-hetero) is 1. The van der Waals surface area contributed by atoms with Gasteiger partial charge in [0.1, 0.15) is 17.8 Å². The predicted octanol–water partition coefficient (Wildman–Crippen LogP) is 4.34. The van der Waals surface area contributed by atoms with E-state index in [1.807, 2.05) is 41.2 Å². The molecule has 3 aromatic rings. The molecule has 0 N–H and O–H groups in total. The summed E-state index contributed by atoms with van der Waals surface area (Å²) in [5.41, 5.74) is 3.65. The van der Waals surface area contributed by atoms with Gasteiger partial charge in [-0.25, -0.2) is 9.97 Å². The molecule has 2 heterocycles. The van der Waals surface area contributed by atoms with Gasteiger partial charge in [-0.1, -0.05) is 23.7 Å². The number of rotatable bonds is 3. The van der Waals surface area contributed by atoms with Crippen LogP contribution in [0.5, 0.6) is 0 Å². The Bertz CT molecular complexity index is 880. The molecule has 5 nitrogen and oxygen atoms in total. The van der Waals surface area contributed by atoms with Crippen LogP contribution in [-0.2, 0) is 4.79 Å². The van der Waals surface area contributed by atoms with Gasteiger partial charge in [-0.05, 0) is 31.0 Å². The van der Waals surface area contributed by atoms with Crippen LogP contribution in [0.4, 0.5) is 0 Å². The summed E-state index contributed by atoms with van der Waals surface area (Å²) in [4.78, 5) is 19.9. The number of ketones is 1. The lowest BCUT2D eigenvalue weighted by molar-refractivity contribution is -0.120. The first-order chi connectivity index (χ1) is 12.2. The highest BCUT2D eigenvalue weighted by Gasteiger charge is 2.23. The smallest absolute Gasteiger partial charge is 0.133 e. The third-order valence-electron chi connectivity index (χ3n) is 4.59. The molecule has 0 aliphatic heterocycles. The largest absolute Gasteiger partial charge is 0.300 e. The lowest BCUT2D eigenvalue weighted by Crippen LogP contribution is -2.18. The van der Waals surface area contributed by atoms with Crippen molar-refractivity contribution in [2.45, 2.75) is 31.7 Å². The molecule has 25 heavy (non-hydrogen) atoms. The number of aromatic nitrogens is 4. The summed E-state index contributed by atoms with van der Waals surface area (Å²) in [5.74, 6) is 0.345. The van der Waals surface area contributed by atoms with Crippen LogP contribution in [-0.4, -0.2) is 25.5 Å². The van der Waals surface area contributed by atoms with Gasteiger partial charge in [0, 0.05) is 41.4 Å². The third kappa shape index (κ3) is 3.33. The highest BCUT2D eigenvalue weighted by atomic mass is 35.5. The Morgan fingerprint density at radius 3 is 2.52 bits per heavy atom. The van der Waals surface area contributed by atoms with Crippen molar-refractivity contribution in [1.82, 2.24) is 19.7 Å². The maximum absolute atomic E-state index is 11.5. The highest BCUT2D eigenvalue weighted by molar-refractivity contribution is 6.30. The molecule has 1 aliphatic carbocycles.